The molecule has 1 aliphatic heterocycles. The molecule has 0 bridgehead atoms. The molecule has 2 aliphatic rings. The summed E-state index contributed by atoms with van der Waals surface area (Å²) in [4.78, 5) is 4.78. The zero-order valence-electron chi connectivity index (χ0n) is 15.7. The van der Waals surface area contributed by atoms with Gasteiger partial charge in [-0.3, -0.25) is 4.99 Å². The molecule has 0 aromatic carbocycles. The van der Waals surface area contributed by atoms with Crippen molar-refractivity contribution in [3.63, 3.8) is 0 Å². The summed E-state index contributed by atoms with van der Waals surface area (Å²) in [5.41, 5.74) is 0. The third kappa shape index (κ3) is 7.84. The van der Waals surface area contributed by atoms with Gasteiger partial charge in [0.2, 0.25) is 0 Å². The summed E-state index contributed by atoms with van der Waals surface area (Å²) in [6.07, 6.45) is 7.57. The van der Waals surface area contributed by atoms with Crippen molar-refractivity contribution in [3.05, 3.63) is 0 Å². The lowest BCUT2D eigenvalue weighted by molar-refractivity contribution is 0.0888. The van der Waals surface area contributed by atoms with Crippen molar-refractivity contribution in [2.75, 3.05) is 46.1 Å². The van der Waals surface area contributed by atoms with E-state index in [2.05, 4.69) is 24.5 Å². The fourth-order valence-electron chi connectivity index (χ4n) is 3.42. The maximum atomic E-state index is 5.74. The van der Waals surface area contributed by atoms with E-state index in [9.17, 15) is 0 Å². The lowest BCUT2D eigenvalue weighted by atomic mass is 9.83. The van der Waals surface area contributed by atoms with Gasteiger partial charge in [-0.15, -0.1) is 0 Å². The van der Waals surface area contributed by atoms with Crippen LogP contribution in [0.5, 0.6) is 0 Å². The minimum atomic E-state index is 0.607. The van der Waals surface area contributed by atoms with Gasteiger partial charge in [-0.05, 0) is 44.4 Å². The first kappa shape index (κ1) is 19.5. The first-order valence-corrected chi connectivity index (χ1v) is 9.95. The predicted molar refractivity (Wildman–Crippen MR) is 99.5 cm³/mol. The van der Waals surface area contributed by atoms with Crippen molar-refractivity contribution in [2.24, 2.45) is 22.7 Å². The Morgan fingerprint density at radius 2 is 1.96 bits per heavy atom. The maximum absolute atomic E-state index is 5.74. The van der Waals surface area contributed by atoms with Gasteiger partial charge >= 0.3 is 0 Å². The number of aliphatic imine (C=N–C) groups is 1. The molecule has 1 heterocycles. The van der Waals surface area contributed by atoms with Crippen molar-refractivity contribution in [1.82, 2.24) is 10.6 Å². The van der Waals surface area contributed by atoms with Gasteiger partial charge in [-0.25, -0.2) is 0 Å². The van der Waals surface area contributed by atoms with Crippen LogP contribution < -0.4 is 10.6 Å². The molecule has 5 nitrogen and oxygen atoms in total. The van der Waals surface area contributed by atoms with Gasteiger partial charge in [0.25, 0.3) is 0 Å². The number of hydrogen-bond donors (Lipinski definition) is 2. The summed E-state index contributed by atoms with van der Waals surface area (Å²) in [7, 11) is 0. The number of guanidine groups is 1. The zero-order valence-corrected chi connectivity index (χ0v) is 15.7. The predicted octanol–water partition coefficient (Wildman–Crippen LogP) is 2.81. The van der Waals surface area contributed by atoms with Crippen molar-refractivity contribution >= 4 is 5.96 Å². The van der Waals surface area contributed by atoms with Crippen molar-refractivity contribution in [1.29, 1.82) is 0 Å². The molecule has 24 heavy (non-hydrogen) atoms. The van der Waals surface area contributed by atoms with E-state index in [1.807, 2.05) is 0 Å². The van der Waals surface area contributed by atoms with Gasteiger partial charge < -0.3 is 20.1 Å². The summed E-state index contributed by atoms with van der Waals surface area (Å²) in [6, 6.07) is 0. The van der Waals surface area contributed by atoms with Crippen LogP contribution in [-0.2, 0) is 9.47 Å². The minimum Gasteiger partial charge on any atom is -0.381 e. The lowest BCUT2D eigenvalue weighted by Gasteiger charge is -2.25. The van der Waals surface area contributed by atoms with Crippen LogP contribution in [0.2, 0.25) is 0 Å². The van der Waals surface area contributed by atoms with Crippen LogP contribution in [0, 0.1) is 17.8 Å². The second-order valence-electron chi connectivity index (χ2n) is 7.43. The molecule has 2 fully saturated rings. The number of nitrogens with one attached hydrogen (secondary N) is 2. The Labute approximate surface area is 148 Å². The topological polar surface area (TPSA) is 54.9 Å². The highest BCUT2D eigenvalue weighted by atomic mass is 16.5. The van der Waals surface area contributed by atoms with Crippen LogP contribution in [0.3, 0.4) is 0 Å². The smallest absolute Gasteiger partial charge is 0.191 e. The minimum absolute atomic E-state index is 0.607. The van der Waals surface area contributed by atoms with Crippen LogP contribution in [-0.4, -0.2) is 52.0 Å². The highest BCUT2D eigenvalue weighted by Gasteiger charge is 2.18. The largest absolute Gasteiger partial charge is 0.381 e. The van der Waals surface area contributed by atoms with E-state index in [1.54, 1.807) is 0 Å². The van der Waals surface area contributed by atoms with Gasteiger partial charge in [-0.2, -0.15) is 0 Å². The van der Waals surface area contributed by atoms with Gasteiger partial charge in [0.05, 0.1) is 13.2 Å². The summed E-state index contributed by atoms with van der Waals surface area (Å²) in [5, 5.41) is 6.78. The van der Waals surface area contributed by atoms with E-state index >= 15 is 0 Å². The molecule has 1 saturated carbocycles. The zero-order chi connectivity index (χ0) is 17.0. The average molecular weight is 340 g/mol. The summed E-state index contributed by atoms with van der Waals surface area (Å²) < 4.78 is 11.1. The van der Waals surface area contributed by atoms with E-state index in [0.717, 1.165) is 76.7 Å². The van der Waals surface area contributed by atoms with Gasteiger partial charge in [-0.1, -0.05) is 19.8 Å². The summed E-state index contributed by atoms with van der Waals surface area (Å²) >= 11 is 0. The monoisotopic (exact) mass is 339 g/mol. The second kappa shape index (κ2) is 11.7. The molecular formula is C19H37N3O2. The Morgan fingerprint density at radius 1 is 1.12 bits per heavy atom. The molecule has 0 spiro atoms. The molecule has 0 radical (unpaired) electrons. The van der Waals surface area contributed by atoms with Crippen LogP contribution in [0.1, 0.15) is 52.4 Å². The third-order valence-corrected chi connectivity index (χ3v) is 5.12. The Morgan fingerprint density at radius 3 is 2.67 bits per heavy atom. The summed E-state index contributed by atoms with van der Waals surface area (Å²) in [5.74, 6) is 3.25. The van der Waals surface area contributed by atoms with E-state index < -0.39 is 0 Å². The Bertz CT molecular complexity index is 349. The van der Waals surface area contributed by atoms with Gasteiger partial charge in [0.1, 0.15) is 0 Å². The van der Waals surface area contributed by atoms with Crippen LogP contribution in [0.25, 0.3) is 0 Å². The molecular weight excluding hydrogens is 302 g/mol. The molecule has 2 rings (SSSR count). The summed E-state index contributed by atoms with van der Waals surface area (Å²) in [6.45, 7) is 10.7. The number of ether oxygens (including phenoxy) is 2. The van der Waals surface area contributed by atoms with E-state index in [0.29, 0.717) is 5.92 Å². The number of nitrogens with zero attached hydrogens (tertiary/aromatic N) is 1. The second-order valence-corrected chi connectivity index (χ2v) is 7.43. The molecule has 2 N–H and O–H groups in total. The Balaban J connectivity index is 1.55. The molecule has 1 unspecified atom stereocenters. The molecule has 0 aromatic rings. The van der Waals surface area contributed by atoms with Gasteiger partial charge in [0.15, 0.2) is 5.96 Å². The van der Waals surface area contributed by atoms with E-state index in [1.165, 1.54) is 25.7 Å². The number of hydrogen-bond acceptors (Lipinski definition) is 3. The molecule has 0 aromatic heterocycles. The van der Waals surface area contributed by atoms with E-state index in [-0.39, 0.29) is 0 Å². The molecule has 140 valence electrons. The molecule has 0 amide bonds. The molecule has 1 atom stereocenters. The van der Waals surface area contributed by atoms with Crippen molar-refractivity contribution in [2.45, 2.75) is 52.4 Å². The normalized spacial score (nSPS) is 28.1. The maximum Gasteiger partial charge on any atom is 0.191 e. The Hall–Kier alpha value is -0.810. The van der Waals surface area contributed by atoms with Crippen molar-refractivity contribution < 1.29 is 9.47 Å². The number of rotatable bonds is 9. The SMILES string of the molecule is CCNC(=NCC1CCC(C)CC1)NCCCOCC1CCOC1. The molecule has 1 aliphatic carbocycles. The van der Waals surface area contributed by atoms with Gasteiger partial charge in [0, 0.05) is 38.8 Å². The fraction of sp³-hybridized carbons (Fsp3) is 0.947. The molecule has 5 heteroatoms. The van der Waals surface area contributed by atoms with Crippen LogP contribution in [0.15, 0.2) is 4.99 Å². The quantitative estimate of drug-likeness (QED) is 0.385. The van der Waals surface area contributed by atoms with E-state index in [4.69, 9.17) is 14.5 Å². The van der Waals surface area contributed by atoms with Crippen LogP contribution in [0.4, 0.5) is 0 Å². The first-order valence-electron chi connectivity index (χ1n) is 9.95. The first-order chi connectivity index (χ1) is 11.8. The standard InChI is InChI=1S/C19H37N3O2/c1-3-20-19(22-13-17-7-5-16(2)6-8-17)21-10-4-11-23-14-18-9-12-24-15-18/h16-18H,3-15H2,1-2H3,(H2,20,21,22). The lowest BCUT2D eigenvalue weighted by Crippen LogP contribution is -2.38. The average Bonchev–Trinajstić information content (AvgIpc) is 3.10. The molecule has 1 saturated heterocycles. The highest BCUT2D eigenvalue weighted by Crippen LogP contribution is 2.28. The third-order valence-electron chi connectivity index (χ3n) is 5.12. The van der Waals surface area contributed by atoms with Crippen LogP contribution >= 0.6 is 0 Å². The highest BCUT2D eigenvalue weighted by molar-refractivity contribution is 5.79. The Kier molecular flexibility index (Phi) is 9.51. The fourth-order valence-corrected chi connectivity index (χ4v) is 3.42. The van der Waals surface area contributed by atoms with Crippen molar-refractivity contribution in [3.8, 4) is 0 Å².